The van der Waals surface area contributed by atoms with Crippen LogP contribution in [0.2, 0.25) is 0 Å². The van der Waals surface area contributed by atoms with Crippen molar-refractivity contribution >= 4 is 82.9 Å². The fourth-order valence-corrected chi connectivity index (χ4v) is 6.05. The normalized spacial score (nSPS) is 11.5. The van der Waals surface area contributed by atoms with Crippen LogP contribution in [0.1, 0.15) is 27.0 Å². The Kier molecular flexibility index (Phi) is 13.1. The molecule has 19 heteroatoms. The van der Waals surface area contributed by atoms with Crippen LogP contribution in [0.3, 0.4) is 0 Å². The number of phenols is 1. The third-order valence-corrected chi connectivity index (χ3v) is 9.19. The quantitative estimate of drug-likeness (QED) is 0.0577. The predicted octanol–water partition coefficient (Wildman–Crippen LogP) is 9.80. The van der Waals surface area contributed by atoms with Crippen molar-refractivity contribution in [3.05, 3.63) is 125 Å². The Morgan fingerprint density at radius 2 is 1.24 bits per heavy atom. The summed E-state index contributed by atoms with van der Waals surface area (Å²) in [5, 5.41) is 40.1. The first kappa shape index (κ1) is 41.9. The van der Waals surface area contributed by atoms with Crippen LogP contribution in [0.25, 0.3) is 10.8 Å². The molecule has 6 rings (SSSR count). The van der Waals surface area contributed by atoms with E-state index in [1.165, 1.54) is 25.3 Å². The Morgan fingerprint density at radius 3 is 1.81 bits per heavy atom. The maximum atomic E-state index is 12.7. The molecule has 0 aliphatic rings. The van der Waals surface area contributed by atoms with Crippen LogP contribution >= 0.6 is 0 Å². The van der Waals surface area contributed by atoms with Crippen LogP contribution in [0.15, 0.2) is 139 Å². The molecular weight excluding hydrogens is 789 g/mol. The van der Waals surface area contributed by atoms with Crippen molar-refractivity contribution in [3.8, 4) is 11.5 Å². The number of azo groups is 3. The largest absolute Gasteiger partial charge is 0.505 e. The van der Waals surface area contributed by atoms with Crippen molar-refractivity contribution in [2.45, 2.75) is 25.7 Å². The Balaban J connectivity index is 0.00000153. The molecule has 0 aliphatic carbocycles. The zero-order valence-electron chi connectivity index (χ0n) is 31.1. The van der Waals surface area contributed by atoms with Crippen molar-refractivity contribution in [2.24, 2.45) is 30.7 Å². The van der Waals surface area contributed by atoms with Crippen molar-refractivity contribution < 1.29 is 40.2 Å². The highest BCUT2D eigenvalue weighted by Gasteiger charge is 2.23. The van der Waals surface area contributed by atoms with Crippen LogP contribution in [0.4, 0.5) is 45.5 Å². The minimum atomic E-state index is -4.91. The van der Waals surface area contributed by atoms with Gasteiger partial charge in [-0.2, -0.15) is 28.9 Å². The van der Waals surface area contributed by atoms with E-state index < -0.39 is 43.0 Å². The Bertz CT molecular complexity index is 2850. The smallest absolute Gasteiger partial charge is 0.425 e. The van der Waals surface area contributed by atoms with Gasteiger partial charge in [-0.15, -0.1) is 22.9 Å². The molecule has 1 amide bonds. The van der Waals surface area contributed by atoms with Gasteiger partial charge in [0, 0.05) is 28.4 Å². The molecule has 0 radical (unpaired) electrons. The highest BCUT2D eigenvalue weighted by Crippen LogP contribution is 2.44. The van der Waals surface area contributed by atoms with Gasteiger partial charge < -0.3 is 20.9 Å². The van der Waals surface area contributed by atoms with E-state index in [2.05, 4.69) is 36.0 Å². The van der Waals surface area contributed by atoms with E-state index in [-0.39, 0.29) is 22.2 Å². The molecule has 5 N–H and O–H groups in total. The monoisotopic (exact) mass is 822 g/mol. The summed E-state index contributed by atoms with van der Waals surface area (Å²) in [4.78, 5) is 12.0. The molecule has 17 nitrogen and oxygen atoms in total. The van der Waals surface area contributed by atoms with Gasteiger partial charge in [0.1, 0.15) is 22.0 Å². The standard InChI is InChI=1S/C39H34N8O6S.O3S/c1-22-17-32(23(2)16-31(22)43-42-28-8-6-5-7-9-28)44-45-33-21-35(53-4)34(18-24(33)3)46-47-37-36(54(50,51)52)20-26-19-29(14-15-30(26)38(37)48)41-39(49)25-10-12-27(40)13-11-25;1-4(2)3/h5-21,48H,40H2,1-4H3,(H,41,49)(H,50,51,52);. The number of amides is 1. The lowest BCUT2D eigenvalue weighted by Crippen LogP contribution is -2.11. The van der Waals surface area contributed by atoms with Crippen molar-refractivity contribution in [1.29, 1.82) is 0 Å². The molecule has 6 aromatic carbocycles. The van der Waals surface area contributed by atoms with Crippen molar-refractivity contribution in [2.75, 3.05) is 18.2 Å². The van der Waals surface area contributed by atoms with Crippen molar-refractivity contribution in [3.63, 3.8) is 0 Å². The molecule has 0 spiro atoms. The fraction of sp³-hybridized carbons (Fsp3) is 0.103. The first-order chi connectivity index (χ1) is 27.5. The van der Waals surface area contributed by atoms with E-state index >= 15 is 0 Å². The Morgan fingerprint density at radius 1 is 0.707 bits per heavy atom. The number of phenolic OH excluding ortho intramolecular Hbond substituents is 1. The lowest BCUT2D eigenvalue weighted by molar-refractivity contribution is 0.102. The van der Waals surface area contributed by atoms with Gasteiger partial charge in [0.15, 0.2) is 5.75 Å². The lowest BCUT2D eigenvalue weighted by Gasteiger charge is -2.12. The summed E-state index contributed by atoms with van der Waals surface area (Å²) in [6.45, 7) is 5.59. The van der Waals surface area contributed by atoms with Crippen LogP contribution in [-0.4, -0.2) is 43.7 Å². The number of methoxy groups -OCH3 is 1. The summed E-state index contributed by atoms with van der Waals surface area (Å²) >= 11 is 0. The number of carbonyl (C=O) groups excluding carboxylic acids is 1. The van der Waals surface area contributed by atoms with E-state index in [1.807, 2.05) is 56.3 Å². The second-order valence-corrected chi connectivity index (χ2v) is 14.2. The SMILES string of the molecule is COc1cc(N=Nc2cc(C)c(N=Nc3ccccc3)cc2C)c(C)cc1N=Nc1c(S(=O)(=O)O)cc2cc(NC(=O)c3ccc(N)cc3)ccc2c1O.O=S(=O)=O. The number of hydrogen-bond acceptors (Lipinski definition) is 15. The molecule has 0 bridgehead atoms. The minimum absolute atomic E-state index is 0.190. The van der Waals surface area contributed by atoms with Gasteiger partial charge in [0.2, 0.25) is 0 Å². The highest BCUT2D eigenvalue weighted by molar-refractivity contribution is 7.86. The molecule has 0 unspecified atom stereocenters. The van der Waals surface area contributed by atoms with Crippen LogP contribution in [0.5, 0.6) is 11.5 Å². The van der Waals surface area contributed by atoms with E-state index in [0.29, 0.717) is 39.6 Å². The second kappa shape index (κ2) is 18.2. The van der Waals surface area contributed by atoms with Gasteiger partial charge in [0.25, 0.3) is 16.0 Å². The number of benzene rings is 6. The molecule has 0 saturated carbocycles. The number of hydrogen-bond donors (Lipinski definition) is 4. The number of nitrogens with two attached hydrogens (primary N) is 1. The van der Waals surface area contributed by atoms with E-state index in [9.17, 15) is 22.9 Å². The summed E-state index contributed by atoms with van der Waals surface area (Å²) < 4.78 is 66.0. The van der Waals surface area contributed by atoms with Gasteiger partial charge >= 0.3 is 10.6 Å². The molecule has 0 heterocycles. The lowest BCUT2D eigenvalue weighted by atomic mass is 10.1. The van der Waals surface area contributed by atoms with Crippen LogP contribution in [0, 0.1) is 20.8 Å². The number of aryl methyl sites for hydroxylation is 3. The number of rotatable bonds is 10. The summed E-state index contributed by atoms with van der Waals surface area (Å²) in [5.41, 5.74) is 11.5. The molecular formula is C39H34N8O9S2. The average Bonchev–Trinajstić information content (AvgIpc) is 3.17. The third-order valence-electron chi connectivity index (χ3n) is 8.32. The number of nitrogens with zero attached hydrogens (tertiary/aromatic N) is 6. The zero-order valence-corrected chi connectivity index (χ0v) is 32.8. The summed E-state index contributed by atoms with van der Waals surface area (Å²) in [5.74, 6) is -0.754. The summed E-state index contributed by atoms with van der Waals surface area (Å²) in [6.07, 6.45) is 0. The minimum Gasteiger partial charge on any atom is -0.505 e. The van der Waals surface area contributed by atoms with Gasteiger partial charge in [-0.1, -0.05) is 18.2 Å². The fourth-order valence-electron chi connectivity index (χ4n) is 5.39. The van der Waals surface area contributed by atoms with Gasteiger partial charge in [-0.25, -0.2) is 0 Å². The number of ether oxygens (including phenoxy) is 1. The highest BCUT2D eigenvalue weighted by atomic mass is 32.2. The zero-order chi connectivity index (χ0) is 42.1. The van der Waals surface area contributed by atoms with E-state index in [4.69, 9.17) is 23.1 Å². The topological polar surface area (TPSA) is 264 Å². The maximum Gasteiger partial charge on any atom is 0.425 e. The second-order valence-electron chi connectivity index (χ2n) is 12.4. The third kappa shape index (κ3) is 10.5. The molecule has 0 fully saturated rings. The Labute approximate surface area is 333 Å². The number of aromatic hydroxyl groups is 1. The van der Waals surface area contributed by atoms with Gasteiger partial charge in [-0.3, -0.25) is 9.35 Å². The van der Waals surface area contributed by atoms with E-state index in [1.54, 1.807) is 43.3 Å². The number of nitrogens with one attached hydrogen (secondary N) is 1. The number of carbonyl (C=O) groups is 1. The van der Waals surface area contributed by atoms with Gasteiger partial charge in [0.05, 0.1) is 29.9 Å². The number of nitrogen functional groups attached to an aromatic ring is 1. The molecule has 0 aliphatic heterocycles. The number of anilines is 2. The summed E-state index contributed by atoms with van der Waals surface area (Å²) in [6, 6.07) is 28.3. The first-order valence-corrected chi connectivity index (χ1v) is 19.3. The number of fused-ring (bicyclic) bond motifs is 1. The maximum absolute atomic E-state index is 12.7. The summed E-state index contributed by atoms with van der Waals surface area (Å²) in [7, 11) is -6.60. The molecule has 58 heavy (non-hydrogen) atoms. The van der Waals surface area contributed by atoms with Crippen LogP contribution in [-0.2, 0) is 20.7 Å². The van der Waals surface area contributed by atoms with E-state index in [0.717, 1.165) is 22.9 Å². The molecule has 0 aromatic heterocycles. The molecule has 0 saturated heterocycles. The predicted molar refractivity (Wildman–Crippen MR) is 217 cm³/mol. The molecule has 6 aromatic rings. The Hall–Kier alpha value is -7.22. The van der Waals surface area contributed by atoms with Crippen molar-refractivity contribution in [1.82, 2.24) is 0 Å². The molecule has 296 valence electrons. The first-order valence-electron chi connectivity index (χ1n) is 16.8. The van der Waals surface area contributed by atoms with Crippen LogP contribution < -0.4 is 15.8 Å². The van der Waals surface area contributed by atoms with Gasteiger partial charge in [-0.05, 0) is 122 Å². The molecule has 0 atom stereocenters. The average molecular weight is 823 g/mol.